The third-order valence-corrected chi connectivity index (χ3v) is 6.88. The van der Waals surface area contributed by atoms with Crippen LogP contribution in [0.15, 0.2) is 54.6 Å². The van der Waals surface area contributed by atoms with Crippen LogP contribution < -0.4 is 4.90 Å². The van der Waals surface area contributed by atoms with E-state index in [1.165, 1.54) is 27.6 Å². The number of halogens is 1. The van der Waals surface area contributed by atoms with Crippen molar-refractivity contribution in [3.63, 3.8) is 0 Å². The Kier molecular flexibility index (Phi) is 5.33. The van der Waals surface area contributed by atoms with Gasteiger partial charge in [0.25, 0.3) is 0 Å². The Balaban J connectivity index is 1.50. The summed E-state index contributed by atoms with van der Waals surface area (Å²) in [5.41, 5.74) is 1.75. The predicted octanol–water partition coefficient (Wildman–Crippen LogP) is 4.11. The summed E-state index contributed by atoms with van der Waals surface area (Å²) in [7, 11) is 0. The van der Waals surface area contributed by atoms with Gasteiger partial charge in [0.2, 0.25) is 10.8 Å². The molecule has 8 heteroatoms. The lowest BCUT2D eigenvalue weighted by molar-refractivity contribution is 0.208. The highest BCUT2D eigenvalue weighted by Gasteiger charge is 2.33. The Labute approximate surface area is 184 Å². The molecule has 1 atom stereocenters. The van der Waals surface area contributed by atoms with Gasteiger partial charge in [-0.25, -0.2) is 9.37 Å². The number of benzene rings is 2. The molecule has 4 aromatic rings. The van der Waals surface area contributed by atoms with Crippen LogP contribution in [0.1, 0.15) is 29.2 Å². The third kappa shape index (κ3) is 3.66. The first-order valence-electron chi connectivity index (χ1n) is 10.5. The number of hydrogen-bond donors (Lipinski definition) is 1. The van der Waals surface area contributed by atoms with E-state index in [-0.39, 0.29) is 11.7 Å². The summed E-state index contributed by atoms with van der Waals surface area (Å²) in [5, 5.41) is 15.4. The SMILES string of the molecule is CCc1nc2sc(C(c3ccccc3F)N3CCN(c4ccccc4)CC3)c(O)n2n1. The van der Waals surface area contributed by atoms with Crippen molar-refractivity contribution in [1.82, 2.24) is 19.5 Å². The molecule has 2 aromatic carbocycles. The van der Waals surface area contributed by atoms with Gasteiger partial charge in [-0.2, -0.15) is 4.52 Å². The Morgan fingerprint density at radius 1 is 1.03 bits per heavy atom. The molecule has 160 valence electrons. The van der Waals surface area contributed by atoms with Crippen molar-refractivity contribution in [3.05, 3.63) is 76.7 Å². The summed E-state index contributed by atoms with van der Waals surface area (Å²) >= 11 is 1.38. The average Bonchev–Trinajstić information content (AvgIpc) is 3.35. The number of rotatable bonds is 5. The molecule has 0 amide bonds. The smallest absolute Gasteiger partial charge is 0.230 e. The summed E-state index contributed by atoms with van der Waals surface area (Å²) < 4.78 is 16.4. The molecular weight excluding hydrogens is 413 g/mol. The minimum Gasteiger partial charge on any atom is -0.492 e. The number of hydrogen-bond acceptors (Lipinski definition) is 6. The molecule has 1 fully saturated rings. The zero-order chi connectivity index (χ0) is 21.4. The zero-order valence-corrected chi connectivity index (χ0v) is 18.1. The Hall–Kier alpha value is -2.97. The van der Waals surface area contributed by atoms with Gasteiger partial charge in [-0.1, -0.05) is 54.7 Å². The first-order chi connectivity index (χ1) is 15.2. The minimum atomic E-state index is -0.391. The molecule has 0 radical (unpaired) electrons. The van der Waals surface area contributed by atoms with Gasteiger partial charge in [0.15, 0.2) is 5.82 Å². The van der Waals surface area contributed by atoms with Crippen molar-refractivity contribution >= 4 is 22.0 Å². The standard InChI is InChI=1S/C23H24FN5OS/c1-2-19-25-23-29(26-19)22(30)21(31-23)20(17-10-6-7-11-18(17)24)28-14-12-27(13-15-28)16-8-4-3-5-9-16/h3-11,20,30H,2,12-15H2,1H3. The Morgan fingerprint density at radius 2 is 1.74 bits per heavy atom. The molecule has 3 heterocycles. The topological polar surface area (TPSA) is 56.9 Å². The lowest BCUT2D eigenvalue weighted by Gasteiger charge is -2.40. The molecule has 0 bridgehead atoms. The van der Waals surface area contributed by atoms with Gasteiger partial charge in [0.1, 0.15) is 5.82 Å². The van der Waals surface area contributed by atoms with E-state index in [1.54, 1.807) is 12.1 Å². The molecule has 1 saturated heterocycles. The van der Waals surface area contributed by atoms with E-state index < -0.39 is 6.04 Å². The van der Waals surface area contributed by atoms with Crippen LogP contribution in [0.2, 0.25) is 0 Å². The van der Waals surface area contributed by atoms with Crippen molar-refractivity contribution < 1.29 is 9.50 Å². The van der Waals surface area contributed by atoms with E-state index >= 15 is 0 Å². The summed E-state index contributed by atoms with van der Waals surface area (Å²) in [6, 6.07) is 16.8. The lowest BCUT2D eigenvalue weighted by atomic mass is 10.0. The van der Waals surface area contributed by atoms with Crippen LogP contribution in [-0.4, -0.2) is 50.8 Å². The first kappa shape index (κ1) is 20.0. The van der Waals surface area contributed by atoms with Crippen molar-refractivity contribution in [1.29, 1.82) is 0 Å². The van der Waals surface area contributed by atoms with Gasteiger partial charge in [-0.15, -0.1) is 5.10 Å². The number of nitrogens with zero attached hydrogens (tertiary/aromatic N) is 5. The number of piperazine rings is 1. The second-order valence-corrected chi connectivity index (χ2v) is 8.66. The number of thiazole rings is 1. The molecule has 31 heavy (non-hydrogen) atoms. The first-order valence-corrected chi connectivity index (χ1v) is 11.3. The van der Waals surface area contributed by atoms with Gasteiger partial charge in [-0.05, 0) is 18.2 Å². The maximum absolute atomic E-state index is 14.9. The van der Waals surface area contributed by atoms with Crippen LogP contribution in [0.4, 0.5) is 10.1 Å². The van der Waals surface area contributed by atoms with E-state index in [4.69, 9.17) is 0 Å². The molecule has 1 N–H and O–H groups in total. The zero-order valence-electron chi connectivity index (χ0n) is 17.3. The van der Waals surface area contributed by atoms with Crippen molar-refractivity contribution in [3.8, 4) is 5.88 Å². The molecule has 0 saturated carbocycles. The number of aryl methyl sites for hydroxylation is 1. The maximum Gasteiger partial charge on any atom is 0.230 e. The lowest BCUT2D eigenvalue weighted by Crippen LogP contribution is -2.48. The number of para-hydroxylation sites is 1. The minimum absolute atomic E-state index is 0.0472. The van der Waals surface area contributed by atoms with E-state index in [0.29, 0.717) is 27.6 Å². The Morgan fingerprint density at radius 3 is 2.42 bits per heavy atom. The van der Waals surface area contributed by atoms with Crippen LogP contribution in [0.3, 0.4) is 0 Å². The predicted molar refractivity (Wildman–Crippen MR) is 120 cm³/mol. The third-order valence-electron chi connectivity index (χ3n) is 5.81. The summed E-state index contributed by atoms with van der Waals surface area (Å²) in [6.07, 6.45) is 0.696. The molecule has 1 aliphatic rings. The summed E-state index contributed by atoms with van der Waals surface area (Å²) in [6.45, 7) is 5.14. The highest BCUT2D eigenvalue weighted by atomic mass is 32.1. The quantitative estimate of drug-likeness (QED) is 0.509. The van der Waals surface area contributed by atoms with Crippen molar-refractivity contribution in [2.75, 3.05) is 31.1 Å². The fraction of sp³-hybridized carbons (Fsp3) is 0.304. The van der Waals surface area contributed by atoms with Crippen LogP contribution >= 0.6 is 11.3 Å². The fourth-order valence-electron chi connectivity index (χ4n) is 4.20. The number of aromatic nitrogens is 3. The molecule has 2 aromatic heterocycles. The summed E-state index contributed by atoms with van der Waals surface area (Å²) in [4.78, 5) is 10.4. The maximum atomic E-state index is 14.9. The molecule has 1 unspecified atom stereocenters. The van der Waals surface area contributed by atoms with Crippen LogP contribution in [0.25, 0.3) is 4.96 Å². The second kappa shape index (κ2) is 8.28. The van der Waals surface area contributed by atoms with Crippen molar-refractivity contribution in [2.45, 2.75) is 19.4 Å². The molecule has 0 aliphatic carbocycles. The molecule has 1 aliphatic heterocycles. The van der Waals surface area contributed by atoms with Crippen molar-refractivity contribution in [2.24, 2.45) is 0 Å². The van der Waals surface area contributed by atoms with E-state index in [9.17, 15) is 9.50 Å². The van der Waals surface area contributed by atoms with E-state index in [1.807, 2.05) is 31.2 Å². The number of aromatic hydroxyl groups is 1. The summed E-state index contributed by atoms with van der Waals surface area (Å²) in [5.74, 6) is 0.462. The fourth-order valence-corrected chi connectivity index (χ4v) is 5.32. The second-order valence-electron chi connectivity index (χ2n) is 7.65. The van der Waals surface area contributed by atoms with Crippen LogP contribution in [-0.2, 0) is 6.42 Å². The highest BCUT2D eigenvalue weighted by molar-refractivity contribution is 7.17. The molecule has 5 rings (SSSR count). The van der Waals surface area contributed by atoms with Gasteiger partial charge < -0.3 is 10.0 Å². The normalized spacial score (nSPS) is 16.1. The van der Waals surface area contributed by atoms with E-state index in [2.05, 4.69) is 32.0 Å². The largest absolute Gasteiger partial charge is 0.492 e. The van der Waals surface area contributed by atoms with E-state index in [0.717, 1.165) is 26.2 Å². The monoisotopic (exact) mass is 437 g/mol. The van der Waals surface area contributed by atoms with Gasteiger partial charge in [-0.3, -0.25) is 4.90 Å². The van der Waals surface area contributed by atoms with Gasteiger partial charge in [0.05, 0.1) is 10.9 Å². The van der Waals surface area contributed by atoms with Crippen LogP contribution in [0, 0.1) is 5.82 Å². The number of anilines is 1. The van der Waals surface area contributed by atoms with Gasteiger partial charge >= 0.3 is 0 Å². The molecular formula is C23H24FN5OS. The number of fused-ring (bicyclic) bond motifs is 1. The Bertz CT molecular complexity index is 1180. The average molecular weight is 438 g/mol. The molecule has 6 nitrogen and oxygen atoms in total. The van der Waals surface area contributed by atoms with Gasteiger partial charge in [0, 0.05) is 43.9 Å². The molecule has 0 spiro atoms. The highest BCUT2D eigenvalue weighted by Crippen LogP contribution is 2.41. The van der Waals surface area contributed by atoms with Crippen LogP contribution in [0.5, 0.6) is 5.88 Å².